The fourth-order valence-corrected chi connectivity index (χ4v) is 1.74. The number of halogens is 3. The van der Waals surface area contributed by atoms with Gasteiger partial charge in [0.25, 0.3) is 0 Å². The van der Waals surface area contributed by atoms with Gasteiger partial charge in [-0.15, -0.1) is 0 Å². The van der Waals surface area contributed by atoms with Crippen molar-refractivity contribution in [2.75, 3.05) is 33.3 Å². The van der Waals surface area contributed by atoms with Crippen LogP contribution >= 0.6 is 0 Å². The first-order chi connectivity index (χ1) is 6.01. The molecule has 2 nitrogen and oxygen atoms in total. The van der Waals surface area contributed by atoms with Gasteiger partial charge in [0, 0.05) is 13.7 Å². The third kappa shape index (κ3) is 6.09. The Hall–Kier alpha value is 1.41. The second-order valence-electron chi connectivity index (χ2n) is 3.58. The first-order valence-corrected chi connectivity index (χ1v) is 4.43. The number of methoxy groups -OCH3 is 1. The quantitative estimate of drug-likeness (QED) is 0.541. The minimum absolute atomic E-state index is 0. The van der Waals surface area contributed by atoms with Gasteiger partial charge in [0.05, 0.1) is 6.61 Å². The molecule has 1 aliphatic heterocycles. The number of ether oxygens (including phenoxy) is 1. The summed E-state index contributed by atoms with van der Waals surface area (Å²) in [6.45, 7) is -3.02. The van der Waals surface area contributed by atoms with E-state index in [2.05, 4.69) is 0 Å². The van der Waals surface area contributed by atoms with E-state index in [1.807, 2.05) is 0 Å². The molecular weight excluding hydrogens is 221 g/mol. The topological polar surface area (TPSA) is 12.5 Å². The van der Waals surface area contributed by atoms with Crippen LogP contribution in [0.3, 0.4) is 0 Å². The molecule has 1 unspecified atom stereocenters. The van der Waals surface area contributed by atoms with Crippen LogP contribution in [0.5, 0.6) is 0 Å². The van der Waals surface area contributed by atoms with E-state index in [1.165, 1.54) is 4.90 Å². The predicted octanol–water partition coefficient (Wildman–Crippen LogP) is -1.65. The molecule has 0 N–H and O–H groups in total. The molecule has 0 spiro atoms. The second kappa shape index (κ2) is 6.88. The fraction of sp³-hybridized carbons (Fsp3) is 1.00. The molecule has 0 aromatic carbocycles. The van der Waals surface area contributed by atoms with Gasteiger partial charge in [0.2, 0.25) is 0 Å². The van der Waals surface area contributed by atoms with Crippen molar-refractivity contribution >= 4 is 6.98 Å². The van der Waals surface area contributed by atoms with Crippen LogP contribution in [0.2, 0.25) is 0 Å². The van der Waals surface area contributed by atoms with Crippen molar-refractivity contribution in [3.63, 3.8) is 0 Å². The third-order valence-electron chi connectivity index (χ3n) is 2.24. The second-order valence-corrected chi connectivity index (χ2v) is 3.58. The monoisotopic (exact) mass is 235 g/mol. The van der Waals surface area contributed by atoms with Gasteiger partial charge in [-0.1, -0.05) is 0 Å². The van der Waals surface area contributed by atoms with Crippen LogP contribution < -0.4 is 51.4 Å². The van der Waals surface area contributed by atoms with Crippen LogP contribution in [0.4, 0.5) is 12.9 Å². The van der Waals surface area contributed by atoms with Crippen molar-refractivity contribution in [2.24, 2.45) is 5.92 Å². The van der Waals surface area contributed by atoms with Gasteiger partial charge in [-0.05, 0) is 25.3 Å². The first-order valence-electron chi connectivity index (χ1n) is 4.43. The van der Waals surface area contributed by atoms with E-state index in [-0.39, 0.29) is 57.3 Å². The molecule has 0 aromatic rings. The summed E-state index contributed by atoms with van der Waals surface area (Å²) in [5, 5.41) is 0. The summed E-state index contributed by atoms with van der Waals surface area (Å²) < 4.78 is 40.9. The zero-order valence-corrected chi connectivity index (χ0v) is 11.8. The van der Waals surface area contributed by atoms with Crippen molar-refractivity contribution < 1.29 is 69.1 Å². The molecule has 1 atom stereocenters. The number of hydrogen-bond donors (Lipinski definition) is 0. The summed E-state index contributed by atoms with van der Waals surface area (Å²) in [6, 6.07) is 0. The Bertz CT molecular complexity index is 170. The van der Waals surface area contributed by atoms with Crippen molar-refractivity contribution in [1.82, 2.24) is 4.90 Å². The van der Waals surface area contributed by atoms with Crippen molar-refractivity contribution in [3.8, 4) is 0 Å². The summed E-state index contributed by atoms with van der Waals surface area (Å²) in [5.41, 5.74) is 0. The summed E-state index contributed by atoms with van der Waals surface area (Å²) in [4.78, 5) is 1.46. The molecule has 1 heterocycles. The summed E-state index contributed by atoms with van der Waals surface area (Å²) >= 11 is 0. The molecule has 0 amide bonds. The average molecular weight is 235 g/mol. The van der Waals surface area contributed by atoms with E-state index in [9.17, 15) is 12.9 Å². The van der Waals surface area contributed by atoms with Crippen molar-refractivity contribution in [2.45, 2.75) is 6.42 Å². The summed E-state index contributed by atoms with van der Waals surface area (Å²) in [7, 11) is 1.58. The predicted molar refractivity (Wildman–Crippen MR) is 45.5 cm³/mol. The Morgan fingerprint density at radius 2 is 2.07 bits per heavy atom. The number of hydrogen-bond acceptors (Lipinski definition) is 2. The summed E-state index contributed by atoms with van der Waals surface area (Å²) in [6.07, 6.45) is 0.0974. The van der Waals surface area contributed by atoms with Gasteiger partial charge in [-0.25, -0.2) is 0 Å². The van der Waals surface area contributed by atoms with E-state index in [0.29, 0.717) is 19.7 Å². The maximum absolute atomic E-state index is 12.0. The molecule has 0 aliphatic carbocycles. The van der Waals surface area contributed by atoms with Crippen LogP contribution in [-0.2, 0) is 4.74 Å². The minimum atomic E-state index is -4.66. The Morgan fingerprint density at radius 3 is 2.57 bits per heavy atom. The van der Waals surface area contributed by atoms with Gasteiger partial charge in [0.15, 0.2) is 0 Å². The zero-order valence-electron chi connectivity index (χ0n) is 8.68. The molecule has 14 heavy (non-hydrogen) atoms. The maximum Gasteiger partial charge on any atom is 1.00 e. The maximum atomic E-state index is 12.0. The van der Waals surface area contributed by atoms with Crippen LogP contribution in [0.25, 0.3) is 0 Å². The minimum Gasteiger partial charge on any atom is -0.448 e. The van der Waals surface area contributed by atoms with Gasteiger partial charge in [0.1, 0.15) is 0 Å². The molecule has 78 valence electrons. The molecule has 1 fully saturated rings. The number of rotatable bonds is 4. The normalized spacial score (nSPS) is 23.6. The van der Waals surface area contributed by atoms with Crippen LogP contribution in [0.15, 0.2) is 0 Å². The van der Waals surface area contributed by atoms with E-state index < -0.39 is 13.4 Å². The van der Waals surface area contributed by atoms with Crippen LogP contribution in [-0.4, -0.2) is 45.1 Å². The Balaban J connectivity index is 0.00000169. The van der Waals surface area contributed by atoms with Gasteiger partial charge in [-0.3, -0.25) is 0 Å². The number of nitrogens with zero attached hydrogens (tertiary/aromatic N) is 1. The molecule has 7 heteroatoms. The Morgan fingerprint density at radius 1 is 1.43 bits per heavy atom. The molecular formula is C7H14BF3KNO. The molecule has 0 aromatic heterocycles. The third-order valence-corrected chi connectivity index (χ3v) is 2.24. The number of likely N-dealkylation sites (tertiary alicyclic amines) is 1. The Kier molecular flexibility index (Phi) is 7.57. The smallest absolute Gasteiger partial charge is 0.448 e. The largest absolute Gasteiger partial charge is 1.00 e. The van der Waals surface area contributed by atoms with Crippen molar-refractivity contribution in [3.05, 3.63) is 0 Å². The molecule has 1 aliphatic rings. The first kappa shape index (κ1) is 15.4. The van der Waals surface area contributed by atoms with E-state index in [1.54, 1.807) is 7.11 Å². The van der Waals surface area contributed by atoms with Crippen molar-refractivity contribution in [1.29, 1.82) is 0 Å². The fourth-order valence-electron chi connectivity index (χ4n) is 1.74. The van der Waals surface area contributed by atoms with Crippen LogP contribution in [0, 0.1) is 5.92 Å². The van der Waals surface area contributed by atoms with Crippen LogP contribution in [0.1, 0.15) is 6.42 Å². The van der Waals surface area contributed by atoms with Gasteiger partial charge < -0.3 is 22.6 Å². The molecule has 0 saturated carbocycles. The Labute approximate surface area is 125 Å². The molecule has 1 saturated heterocycles. The molecule has 1 rings (SSSR count). The average Bonchev–Trinajstić information content (AvgIpc) is 2.33. The zero-order chi connectivity index (χ0) is 9.90. The van der Waals surface area contributed by atoms with Gasteiger partial charge in [-0.2, -0.15) is 0 Å². The molecule has 0 radical (unpaired) electrons. The van der Waals surface area contributed by atoms with Gasteiger partial charge >= 0.3 is 58.4 Å². The SMILES string of the molecule is COCC1CCN(C[B-](F)(F)F)C1.[K+]. The van der Waals surface area contributed by atoms with E-state index in [4.69, 9.17) is 4.74 Å². The van der Waals surface area contributed by atoms with E-state index >= 15 is 0 Å². The molecule has 0 bridgehead atoms. The summed E-state index contributed by atoms with van der Waals surface area (Å²) in [5.74, 6) is 0.281. The van der Waals surface area contributed by atoms with E-state index in [0.717, 1.165) is 6.42 Å². The standard InChI is InChI=1S/C7H14BF3NO.K/c1-13-5-7-2-3-12(4-7)6-8(9,10)11;/h7H,2-6H2,1H3;/q-1;+1.